The number of carbonyl (C=O) groups is 3. The van der Waals surface area contributed by atoms with Crippen LogP contribution in [0.2, 0.25) is 0 Å². The zero-order chi connectivity index (χ0) is 32.3. The van der Waals surface area contributed by atoms with E-state index in [1.54, 1.807) is 37.8 Å². The van der Waals surface area contributed by atoms with Gasteiger partial charge in [-0.25, -0.2) is 4.79 Å². The van der Waals surface area contributed by atoms with Crippen LogP contribution in [-0.2, 0) is 14.3 Å². The van der Waals surface area contributed by atoms with Gasteiger partial charge in [0.15, 0.2) is 0 Å². The van der Waals surface area contributed by atoms with Crippen molar-refractivity contribution in [3.8, 4) is 5.75 Å². The number of fused-ring (bicyclic) bond motifs is 1. The molecule has 0 radical (unpaired) electrons. The number of benzene rings is 3. The highest BCUT2D eigenvalue weighted by Crippen LogP contribution is 2.29. The summed E-state index contributed by atoms with van der Waals surface area (Å²) in [4.78, 5) is 43.1. The zero-order valence-electron chi connectivity index (χ0n) is 27.1. The van der Waals surface area contributed by atoms with E-state index in [0.717, 1.165) is 36.5 Å². The number of nitrogens with zero attached hydrogens (tertiary/aromatic N) is 1. The highest BCUT2D eigenvalue weighted by Gasteiger charge is 2.36. The number of aromatic hydroxyl groups is 1. The maximum atomic E-state index is 14.4. The van der Waals surface area contributed by atoms with Gasteiger partial charge in [-0.3, -0.25) is 9.59 Å². The number of unbranched alkanes of at least 4 members (excludes halogenated alkanes) is 4. The summed E-state index contributed by atoms with van der Waals surface area (Å²) < 4.78 is 5.49. The average molecular weight is 604 g/mol. The number of alkyl carbamates (subject to hydrolysis) is 1. The minimum atomic E-state index is -1.05. The first-order valence-electron chi connectivity index (χ1n) is 15.8. The van der Waals surface area contributed by atoms with E-state index in [4.69, 9.17) is 4.74 Å². The average Bonchev–Trinajstić information content (AvgIpc) is 2.94. The Morgan fingerprint density at radius 1 is 0.886 bits per heavy atom. The van der Waals surface area contributed by atoms with Gasteiger partial charge in [0, 0.05) is 12.2 Å². The van der Waals surface area contributed by atoms with Crippen LogP contribution in [0, 0.1) is 5.92 Å². The van der Waals surface area contributed by atoms with E-state index < -0.39 is 29.7 Å². The van der Waals surface area contributed by atoms with Gasteiger partial charge in [-0.2, -0.15) is 0 Å². The van der Waals surface area contributed by atoms with Crippen molar-refractivity contribution in [3.63, 3.8) is 0 Å². The molecule has 0 aliphatic heterocycles. The minimum absolute atomic E-state index is 0.00744. The summed E-state index contributed by atoms with van der Waals surface area (Å²) in [6.07, 6.45) is 4.44. The van der Waals surface area contributed by atoms with Crippen LogP contribution in [0.3, 0.4) is 0 Å². The van der Waals surface area contributed by atoms with E-state index >= 15 is 0 Å². The molecule has 8 heteroatoms. The molecule has 0 saturated carbocycles. The molecule has 3 rings (SSSR count). The van der Waals surface area contributed by atoms with E-state index in [0.29, 0.717) is 30.6 Å². The Kier molecular flexibility index (Phi) is 12.6. The Hall–Kier alpha value is -4.07. The van der Waals surface area contributed by atoms with E-state index in [1.165, 1.54) is 12.1 Å². The number of amides is 3. The molecule has 3 aromatic rings. The van der Waals surface area contributed by atoms with E-state index in [2.05, 4.69) is 17.6 Å². The molecule has 8 nitrogen and oxygen atoms in total. The van der Waals surface area contributed by atoms with Crippen molar-refractivity contribution in [2.75, 3.05) is 11.9 Å². The minimum Gasteiger partial charge on any atom is -0.508 e. The van der Waals surface area contributed by atoms with Crippen LogP contribution in [0.1, 0.15) is 91.7 Å². The number of phenols is 1. The van der Waals surface area contributed by atoms with Gasteiger partial charge in [0.05, 0.1) is 0 Å². The summed E-state index contributed by atoms with van der Waals surface area (Å²) in [5, 5.41) is 18.2. The number of carbonyl (C=O) groups excluding carboxylic acids is 3. The fraction of sp³-hybridized carbons (Fsp3) is 0.472. The van der Waals surface area contributed by atoms with Crippen LogP contribution in [0.4, 0.5) is 10.5 Å². The number of rotatable bonds is 14. The van der Waals surface area contributed by atoms with Gasteiger partial charge in [0.2, 0.25) is 5.91 Å². The lowest BCUT2D eigenvalue weighted by molar-refractivity contribution is -0.141. The maximum absolute atomic E-state index is 14.4. The molecule has 3 amide bonds. The third-order valence-electron chi connectivity index (χ3n) is 7.24. The van der Waals surface area contributed by atoms with Gasteiger partial charge in [0.25, 0.3) is 5.91 Å². The fourth-order valence-corrected chi connectivity index (χ4v) is 5.24. The standard InChI is InChI=1S/C36H49N3O5/c1-7-8-9-10-13-21-39(34(42)31(22-25(2)3)38-35(43)44-36(4,5)6)32(28-17-14-18-30(40)24-28)33(41)37-29-20-19-26-15-11-12-16-27(26)23-29/h11-12,14-20,23-25,31-32,40H,7-10,13,21-22H2,1-6H3,(H,37,41)(H,38,43). The van der Waals surface area contributed by atoms with E-state index in [1.807, 2.05) is 56.3 Å². The molecule has 3 N–H and O–H groups in total. The molecule has 0 fully saturated rings. The van der Waals surface area contributed by atoms with Crippen LogP contribution in [0.5, 0.6) is 5.75 Å². The molecule has 0 saturated heterocycles. The Morgan fingerprint density at radius 3 is 2.25 bits per heavy atom. The predicted molar refractivity (Wildman–Crippen MR) is 177 cm³/mol. The summed E-state index contributed by atoms with van der Waals surface area (Å²) in [5.74, 6) is -0.710. The van der Waals surface area contributed by atoms with Gasteiger partial charge in [-0.05, 0) is 80.1 Å². The van der Waals surface area contributed by atoms with Gasteiger partial charge >= 0.3 is 6.09 Å². The predicted octanol–water partition coefficient (Wildman–Crippen LogP) is 7.96. The van der Waals surface area contributed by atoms with Crippen molar-refractivity contribution < 1.29 is 24.2 Å². The quantitative estimate of drug-likeness (QED) is 0.162. The third kappa shape index (κ3) is 10.6. The van der Waals surface area contributed by atoms with Crippen LogP contribution >= 0.6 is 0 Å². The fourth-order valence-electron chi connectivity index (χ4n) is 5.24. The lowest BCUT2D eigenvalue weighted by Gasteiger charge is -2.35. The van der Waals surface area contributed by atoms with Gasteiger partial charge in [-0.15, -0.1) is 0 Å². The number of ether oxygens (including phenoxy) is 1. The Labute approximate surface area is 262 Å². The SMILES string of the molecule is CCCCCCCN(C(=O)C(CC(C)C)NC(=O)OC(C)(C)C)C(C(=O)Nc1ccc2ccccc2c1)c1cccc(O)c1. The van der Waals surface area contributed by atoms with Gasteiger partial charge < -0.3 is 25.4 Å². The molecule has 0 spiro atoms. The number of anilines is 1. The second-order valence-electron chi connectivity index (χ2n) is 12.8. The van der Waals surface area contributed by atoms with Crippen molar-refractivity contribution >= 4 is 34.4 Å². The molecule has 44 heavy (non-hydrogen) atoms. The molecule has 3 aromatic carbocycles. The Bertz CT molecular complexity index is 1400. The maximum Gasteiger partial charge on any atom is 0.408 e. The molecule has 2 atom stereocenters. The van der Waals surface area contributed by atoms with Crippen molar-refractivity contribution in [1.29, 1.82) is 0 Å². The zero-order valence-corrected chi connectivity index (χ0v) is 27.1. The summed E-state index contributed by atoms with van der Waals surface area (Å²) >= 11 is 0. The highest BCUT2D eigenvalue weighted by atomic mass is 16.6. The number of hydrogen-bond acceptors (Lipinski definition) is 5. The number of phenolic OH excluding ortho intramolecular Hbond substituents is 1. The first-order valence-corrected chi connectivity index (χ1v) is 15.8. The second-order valence-corrected chi connectivity index (χ2v) is 12.8. The highest BCUT2D eigenvalue weighted by molar-refractivity contribution is 6.00. The summed E-state index contributed by atoms with van der Waals surface area (Å²) in [5.41, 5.74) is 0.337. The Morgan fingerprint density at radius 2 is 1.59 bits per heavy atom. The van der Waals surface area contributed by atoms with Crippen molar-refractivity contribution in [3.05, 3.63) is 72.3 Å². The van der Waals surface area contributed by atoms with E-state index in [9.17, 15) is 19.5 Å². The van der Waals surface area contributed by atoms with Crippen molar-refractivity contribution in [2.45, 2.75) is 97.8 Å². The lowest BCUT2D eigenvalue weighted by atomic mass is 9.98. The monoisotopic (exact) mass is 603 g/mol. The van der Waals surface area contributed by atoms with Crippen LogP contribution in [0.15, 0.2) is 66.7 Å². The first kappa shape index (κ1) is 34.4. The summed E-state index contributed by atoms with van der Waals surface area (Å²) in [6.45, 7) is 11.7. The normalized spacial score (nSPS) is 12.9. The molecule has 0 aromatic heterocycles. The van der Waals surface area contributed by atoms with Gasteiger partial charge in [-0.1, -0.05) is 88.9 Å². The smallest absolute Gasteiger partial charge is 0.408 e. The molecule has 238 valence electrons. The molecule has 2 unspecified atom stereocenters. The molecule has 0 aliphatic rings. The molecular formula is C36H49N3O5. The van der Waals surface area contributed by atoms with Crippen molar-refractivity contribution in [1.82, 2.24) is 10.2 Å². The first-order chi connectivity index (χ1) is 20.9. The van der Waals surface area contributed by atoms with Crippen LogP contribution in [0.25, 0.3) is 10.8 Å². The topological polar surface area (TPSA) is 108 Å². The molecule has 0 bridgehead atoms. The molecule has 0 aliphatic carbocycles. The lowest BCUT2D eigenvalue weighted by Crippen LogP contribution is -2.53. The van der Waals surface area contributed by atoms with Gasteiger partial charge in [0.1, 0.15) is 23.4 Å². The van der Waals surface area contributed by atoms with E-state index in [-0.39, 0.29) is 17.6 Å². The summed E-state index contributed by atoms with van der Waals surface area (Å²) in [6, 6.07) is 18.0. The number of nitrogens with one attached hydrogen (secondary N) is 2. The molecule has 0 heterocycles. The Balaban J connectivity index is 2.02. The van der Waals surface area contributed by atoms with Crippen LogP contribution < -0.4 is 10.6 Å². The van der Waals surface area contributed by atoms with Crippen LogP contribution in [-0.4, -0.2) is 46.1 Å². The third-order valence-corrected chi connectivity index (χ3v) is 7.24. The number of hydrogen-bond donors (Lipinski definition) is 3. The molecular weight excluding hydrogens is 554 g/mol. The summed E-state index contributed by atoms with van der Waals surface area (Å²) in [7, 11) is 0. The second kappa shape index (κ2) is 16.1. The van der Waals surface area contributed by atoms with Crippen molar-refractivity contribution in [2.24, 2.45) is 5.92 Å². The largest absolute Gasteiger partial charge is 0.508 e.